The van der Waals surface area contributed by atoms with Crippen LogP contribution in [0.2, 0.25) is 26.2 Å². The Morgan fingerprint density at radius 2 is 2.00 bits per heavy atom. The second-order valence-corrected chi connectivity index (χ2v) is 13.8. The molecule has 0 aromatic heterocycles. The molecular weight excluding hydrogens is 204 g/mol. The lowest BCUT2D eigenvalue weighted by molar-refractivity contribution is 0.0265. The van der Waals surface area contributed by atoms with Crippen LogP contribution in [0, 0.1) is 0 Å². The molecule has 1 atom stereocenters. The summed E-state index contributed by atoms with van der Waals surface area (Å²) in [4.78, 5) is 0.285. The fourth-order valence-corrected chi connectivity index (χ4v) is 11.9. The summed E-state index contributed by atoms with van der Waals surface area (Å²) < 4.78 is 6.23. The van der Waals surface area contributed by atoms with Gasteiger partial charge in [0.15, 0.2) is 0 Å². The first-order chi connectivity index (χ1) is 6.46. The molecule has 0 saturated carbocycles. The van der Waals surface area contributed by atoms with Gasteiger partial charge in [-0.15, -0.1) is 6.58 Å². The molecule has 1 heterocycles. The first-order valence-corrected chi connectivity index (χ1v) is 11.7. The van der Waals surface area contributed by atoms with Gasteiger partial charge in [0.05, 0.1) is 13.6 Å². The highest BCUT2D eigenvalue weighted by Gasteiger charge is 2.49. The van der Waals surface area contributed by atoms with E-state index in [9.17, 15) is 0 Å². The number of hydrogen-bond acceptors (Lipinski definition) is 1. The summed E-state index contributed by atoms with van der Waals surface area (Å²) in [5.74, 6) is 0. The zero-order valence-electron chi connectivity index (χ0n) is 10.1. The van der Waals surface area contributed by atoms with Gasteiger partial charge in [-0.2, -0.15) is 0 Å². The molecule has 0 aliphatic carbocycles. The van der Waals surface area contributed by atoms with E-state index >= 15 is 0 Å². The minimum Gasteiger partial charge on any atom is -0.382 e. The normalized spacial score (nSPS) is 29.2. The van der Waals surface area contributed by atoms with E-state index in [0.29, 0.717) is 0 Å². The maximum atomic E-state index is 6.23. The van der Waals surface area contributed by atoms with Crippen molar-refractivity contribution in [1.29, 1.82) is 0 Å². The van der Waals surface area contributed by atoms with Crippen LogP contribution in [0.4, 0.5) is 0 Å². The Balaban J connectivity index is 2.96. The van der Waals surface area contributed by atoms with E-state index in [1.165, 1.54) is 19.3 Å². The third kappa shape index (κ3) is 1.90. The van der Waals surface area contributed by atoms with Crippen LogP contribution in [-0.4, -0.2) is 28.3 Å². The third-order valence-electron chi connectivity index (χ3n) is 3.84. The van der Waals surface area contributed by atoms with Crippen LogP contribution in [0.5, 0.6) is 0 Å². The van der Waals surface area contributed by atoms with Gasteiger partial charge >= 0.3 is 0 Å². The molecule has 0 radical (unpaired) electrons. The maximum absolute atomic E-state index is 6.23. The van der Waals surface area contributed by atoms with Gasteiger partial charge < -0.3 is 4.74 Å². The Kier molecular flexibility index (Phi) is 3.77. The predicted molar refractivity (Wildman–Crippen MR) is 69.1 cm³/mol. The summed E-state index contributed by atoms with van der Waals surface area (Å²) >= 11 is 0. The van der Waals surface area contributed by atoms with Gasteiger partial charge in [0, 0.05) is 6.61 Å². The molecule has 0 aromatic rings. The zero-order valence-corrected chi connectivity index (χ0v) is 12.3. The Morgan fingerprint density at radius 1 is 1.36 bits per heavy atom. The van der Waals surface area contributed by atoms with Crippen LogP contribution in [-0.2, 0) is 4.74 Å². The fraction of sp³-hybridized carbons (Fsp3) is 0.818. The second-order valence-electron chi connectivity index (χ2n) is 5.28. The smallest absolute Gasteiger partial charge is 0.103 e. The third-order valence-corrected chi connectivity index (χ3v) is 13.7. The molecule has 3 heteroatoms. The van der Waals surface area contributed by atoms with Crippen molar-refractivity contribution < 1.29 is 4.74 Å². The fourth-order valence-electron chi connectivity index (χ4n) is 2.70. The zero-order chi connectivity index (χ0) is 10.8. The van der Waals surface area contributed by atoms with Crippen molar-refractivity contribution in [2.24, 2.45) is 0 Å². The topological polar surface area (TPSA) is 9.23 Å². The lowest BCUT2D eigenvalue weighted by atomic mass is 10.2. The molecular formula is C11H24OSi2. The van der Waals surface area contributed by atoms with Gasteiger partial charge in [-0.25, -0.2) is 0 Å². The van der Waals surface area contributed by atoms with Crippen molar-refractivity contribution in [3.05, 3.63) is 12.3 Å². The van der Waals surface area contributed by atoms with Gasteiger partial charge in [-0.3, -0.25) is 0 Å². The first-order valence-electron chi connectivity index (χ1n) is 5.74. The Morgan fingerprint density at radius 3 is 2.36 bits per heavy atom. The van der Waals surface area contributed by atoms with Crippen LogP contribution < -0.4 is 0 Å². The molecule has 82 valence electrons. The van der Waals surface area contributed by atoms with Crippen LogP contribution in [0.3, 0.4) is 0 Å². The van der Waals surface area contributed by atoms with E-state index in [-0.39, 0.29) is 4.85 Å². The molecule has 0 N–H and O–H groups in total. The molecule has 1 unspecified atom stereocenters. The van der Waals surface area contributed by atoms with E-state index in [2.05, 4.69) is 38.5 Å². The lowest BCUT2D eigenvalue weighted by Gasteiger charge is -2.49. The predicted octanol–water partition coefficient (Wildman–Crippen LogP) is 2.92. The number of rotatable bonds is 3. The molecule has 0 amide bonds. The molecule has 0 aromatic carbocycles. The highest BCUT2D eigenvalue weighted by atomic mass is 28.4. The molecule has 0 bridgehead atoms. The van der Waals surface area contributed by atoms with Gasteiger partial charge in [-0.05, 0) is 19.3 Å². The summed E-state index contributed by atoms with van der Waals surface area (Å²) in [5.41, 5.74) is 2.23. The Labute approximate surface area is 91.2 Å². The van der Waals surface area contributed by atoms with Crippen molar-refractivity contribution in [3.8, 4) is 0 Å². The van der Waals surface area contributed by atoms with E-state index in [4.69, 9.17) is 4.74 Å². The van der Waals surface area contributed by atoms with Crippen LogP contribution >= 0.6 is 0 Å². The highest BCUT2D eigenvalue weighted by Crippen LogP contribution is 2.36. The van der Waals surface area contributed by atoms with Crippen molar-refractivity contribution in [2.45, 2.75) is 50.3 Å². The lowest BCUT2D eigenvalue weighted by Crippen LogP contribution is -2.64. The van der Waals surface area contributed by atoms with Crippen molar-refractivity contribution in [3.63, 3.8) is 0 Å². The molecule has 1 aliphatic rings. The average molecular weight is 228 g/mol. The summed E-state index contributed by atoms with van der Waals surface area (Å²) in [7, 11) is -2.15. The summed E-state index contributed by atoms with van der Waals surface area (Å²) in [6.07, 6.45) is 3.90. The molecule has 1 aliphatic heterocycles. The molecule has 1 rings (SSSR count). The van der Waals surface area contributed by atoms with E-state index < -0.39 is 16.9 Å². The Bertz CT molecular complexity index is 205. The highest BCUT2D eigenvalue weighted by molar-refractivity contribution is 6.95. The first kappa shape index (κ1) is 12.2. The number of hydrogen-bond donors (Lipinski definition) is 0. The molecule has 14 heavy (non-hydrogen) atoms. The SMILES string of the molecule is C=C[Si](C)(C)C1([SiH](C)C)CCCCO1. The minimum atomic E-state index is -1.39. The van der Waals surface area contributed by atoms with Crippen molar-refractivity contribution >= 4 is 16.9 Å². The van der Waals surface area contributed by atoms with E-state index in [1.807, 2.05) is 0 Å². The minimum absolute atomic E-state index is 0.285. The van der Waals surface area contributed by atoms with Crippen LogP contribution in [0.25, 0.3) is 0 Å². The van der Waals surface area contributed by atoms with Crippen molar-refractivity contribution in [1.82, 2.24) is 0 Å². The van der Waals surface area contributed by atoms with Gasteiger partial charge in [-0.1, -0.05) is 31.9 Å². The summed E-state index contributed by atoms with van der Waals surface area (Å²) in [6.45, 7) is 14.7. The van der Waals surface area contributed by atoms with Gasteiger partial charge in [0.1, 0.15) is 8.07 Å². The van der Waals surface area contributed by atoms with Crippen LogP contribution in [0.15, 0.2) is 12.3 Å². The standard InChI is InChI=1S/C11H24OSi2/c1-6-14(4,5)11(13(2)3)9-7-8-10-12-11/h6,13H,1,7-10H2,2-5H3. The van der Waals surface area contributed by atoms with Crippen molar-refractivity contribution in [2.75, 3.05) is 6.61 Å². The molecule has 1 fully saturated rings. The maximum Gasteiger partial charge on any atom is 0.103 e. The molecule has 0 spiro atoms. The second kappa shape index (κ2) is 4.33. The summed E-state index contributed by atoms with van der Waals surface area (Å²) in [6, 6.07) is 0. The van der Waals surface area contributed by atoms with Gasteiger partial charge in [0.25, 0.3) is 0 Å². The van der Waals surface area contributed by atoms with Gasteiger partial charge in [0.2, 0.25) is 0 Å². The molecule has 1 saturated heterocycles. The number of ether oxygens (including phenoxy) is 1. The largest absolute Gasteiger partial charge is 0.382 e. The van der Waals surface area contributed by atoms with E-state index in [0.717, 1.165) is 6.61 Å². The monoisotopic (exact) mass is 228 g/mol. The quantitative estimate of drug-likeness (QED) is 0.675. The Hall–Kier alpha value is 0.134. The summed E-state index contributed by atoms with van der Waals surface area (Å²) in [5, 5.41) is 0. The van der Waals surface area contributed by atoms with Crippen LogP contribution in [0.1, 0.15) is 19.3 Å². The molecule has 1 nitrogen and oxygen atoms in total. The average Bonchev–Trinajstić information content (AvgIpc) is 2.18. The van der Waals surface area contributed by atoms with E-state index in [1.54, 1.807) is 0 Å².